The van der Waals surface area contributed by atoms with Gasteiger partial charge in [0.2, 0.25) is 5.78 Å². The van der Waals surface area contributed by atoms with Crippen LogP contribution < -0.4 is 4.74 Å². The highest BCUT2D eigenvalue weighted by Gasteiger charge is 2.34. The molecular formula is C28H21NO6. The van der Waals surface area contributed by atoms with Gasteiger partial charge in [0.15, 0.2) is 0 Å². The zero-order valence-electron chi connectivity index (χ0n) is 19.3. The van der Waals surface area contributed by atoms with Gasteiger partial charge in [-0.2, -0.15) is 0 Å². The lowest BCUT2D eigenvalue weighted by atomic mass is 10.0. The van der Waals surface area contributed by atoms with Crippen molar-refractivity contribution in [2.45, 2.75) is 0 Å². The average Bonchev–Trinajstić information content (AvgIpc) is 3.27. The Labute approximate surface area is 200 Å². The molecule has 0 unspecified atom stereocenters. The lowest BCUT2D eigenvalue weighted by Crippen LogP contribution is -2.15. The van der Waals surface area contributed by atoms with Crippen molar-refractivity contribution < 1.29 is 28.6 Å². The van der Waals surface area contributed by atoms with Crippen molar-refractivity contribution in [3.05, 3.63) is 95.2 Å². The Balaban J connectivity index is 1.97. The third kappa shape index (κ3) is 3.40. The summed E-state index contributed by atoms with van der Waals surface area (Å²) in [5.74, 6) is -1.53. The SMILES string of the molecule is COC(=O)c1c(C(=O)OC)c2ccc3c4ccccc4ccc3n2c1C(=O)c1cccc(OC)c1. The van der Waals surface area contributed by atoms with Gasteiger partial charge in [0.1, 0.15) is 22.6 Å². The van der Waals surface area contributed by atoms with E-state index in [-0.39, 0.29) is 16.8 Å². The highest BCUT2D eigenvalue weighted by molar-refractivity contribution is 6.21. The molecule has 0 bridgehead atoms. The van der Waals surface area contributed by atoms with Crippen LogP contribution in [-0.2, 0) is 9.47 Å². The molecule has 3 aromatic carbocycles. The Kier molecular flexibility index (Phi) is 5.45. The molecule has 0 atom stereocenters. The van der Waals surface area contributed by atoms with E-state index in [0.29, 0.717) is 22.3 Å². The maximum absolute atomic E-state index is 14.0. The van der Waals surface area contributed by atoms with Crippen LogP contribution in [0.4, 0.5) is 0 Å². The maximum atomic E-state index is 14.0. The molecule has 0 aliphatic heterocycles. The molecule has 7 heteroatoms. The van der Waals surface area contributed by atoms with Crippen LogP contribution in [-0.4, -0.2) is 43.5 Å². The molecule has 5 rings (SSSR count). The number of ether oxygens (including phenoxy) is 3. The van der Waals surface area contributed by atoms with Gasteiger partial charge in [-0.25, -0.2) is 9.59 Å². The first-order valence-corrected chi connectivity index (χ1v) is 10.8. The molecule has 0 amide bonds. The van der Waals surface area contributed by atoms with Crippen molar-refractivity contribution in [3.8, 4) is 5.75 Å². The molecule has 0 fully saturated rings. The van der Waals surface area contributed by atoms with E-state index in [1.54, 1.807) is 34.7 Å². The molecule has 2 heterocycles. The zero-order chi connectivity index (χ0) is 24.7. The van der Waals surface area contributed by atoms with Crippen molar-refractivity contribution in [3.63, 3.8) is 0 Å². The molecule has 0 aliphatic carbocycles. The van der Waals surface area contributed by atoms with E-state index in [1.165, 1.54) is 21.3 Å². The second kappa shape index (κ2) is 8.61. The quantitative estimate of drug-likeness (QED) is 0.204. The smallest absolute Gasteiger partial charge is 0.341 e. The van der Waals surface area contributed by atoms with Gasteiger partial charge in [-0.05, 0) is 35.0 Å². The topological polar surface area (TPSA) is 83.3 Å². The molecule has 7 nitrogen and oxygen atoms in total. The fourth-order valence-corrected chi connectivity index (χ4v) is 4.54. The van der Waals surface area contributed by atoms with Gasteiger partial charge in [0.25, 0.3) is 0 Å². The van der Waals surface area contributed by atoms with Gasteiger partial charge in [-0.1, -0.05) is 48.5 Å². The molecule has 0 aliphatic rings. The first-order chi connectivity index (χ1) is 17.0. The van der Waals surface area contributed by atoms with Crippen molar-refractivity contribution in [1.82, 2.24) is 4.40 Å². The van der Waals surface area contributed by atoms with Gasteiger partial charge in [-0.3, -0.25) is 4.79 Å². The fourth-order valence-electron chi connectivity index (χ4n) is 4.54. The van der Waals surface area contributed by atoms with E-state index in [1.807, 2.05) is 42.5 Å². The number of ketones is 1. The van der Waals surface area contributed by atoms with E-state index in [4.69, 9.17) is 14.2 Å². The number of fused-ring (bicyclic) bond motifs is 5. The van der Waals surface area contributed by atoms with Crippen LogP contribution >= 0.6 is 0 Å². The summed E-state index contributed by atoms with van der Waals surface area (Å²) in [6, 6.07) is 21.9. The van der Waals surface area contributed by atoms with E-state index in [9.17, 15) is 14.4 Å². The Hall–Kier alpha value is -4.65. The largest absolute Gasteiger partial charge is 0.497 e. The number of hydrogen-bond acceptors (Lipinski definition) is 6. The van der Waals surface area contributed by atoms with Gasteiger partial charge in [-0.15, -0.1) is 0 Å². The second-order valence-corrected chi connectivity index (χ2v) is 7.92. The predicted octanol–water partition coefficient (Wildman–Crippen LogP) is 5.06. The number of hydrogen-bond donors (Lipinski definition) is 0. The van der Waals surface area contributed by atoms with E-state index in [0.717, 1.165) is 16.2 Å². The summed E-state index contributed by atoms with van der Waals surface area (Å²) in [6.07, 6.45) is 0. The number of rotatable bonds is 5. The standard InChI is InChI=1S/C28H21NO6/c1-33-18-9-6-8-17(15-18)26(30)25-24(28(32)35-3)23(27(31)34-2)22-14-12-20-19-10-5-4-7-16(19)11-13-21(20)29(22)25/h4-15H,1-3H3. The molecule has 174 valence electrons. The minimum absolute atomic E-state index is 0.0152. The molecule has 2 aromatic heterocycles. The summed E-state index contributed by atoms with van der Waals surface area (Å²) in [6.45, 7) is 0. The fraction of sp³-hybridized carbons (Fsp3) is 0.107. The normalized spacial score (nSPS) is 11.1. The number of pyridine rings is 1. The van der Waals surface area contributed by atoms with Crippen LogP contribution in [0.1, 0.15) is 36.8 Å². The number of esters is 2. The number of carbonyl (C=O) groups is 3. The van der Waals surface area contributed by atoms with Crippen LogP contribution in [0, 0.1) is 0 Å². The van der Waals surface area contributed by atoms with Crippen LogP contribution in [0.3, 0.4) is 0 Å². The van der Waals surface area contributed by atoms with E-state index in [2.05, 4.69) is 0 Å². The number of methoxy groups -OCH3 is 3. The number of aromatic nitrogens is 1. The third-order valence-corrected chi connectivity index (χ3v) is 6.13. The third-order valence-electron chi connectivity index (χ3n) is 6.13. The summed E-state index contributed by atoms with van der Waals surface area (Å²) in [5.41, 5.74) is 1.16. The minimum atomic E-state index is -0.811. The monoisotopic (exact) mass is 467 g/mol. The molecule has 0 N–H and O–H groups in total. The van der Waals surface area contributed by atoms with Crippen LogP contribution in [0.5, 0.6) is 5.75 Å². The molecular weight excluding hydrogens is 446 g/mol. The van der Waals surface area contributed by atoms with Crippen LogP contribution in [0.15, 0.2) is 72.8 Å². The Morgan fingerprint density at radius 1 is 0.686 bits per heavy atom. The van der Waals surface area contributed by atoms with Gasteiger partial charge < -0.3 is 18.6 Å². The highest BCUT2D eigenvalue weighted by Crippen LogP contribution is 2.34. The number of nitrogens with zero attached hydrogens (tertiary/aromatic N) is 1. The predicted molar refractivity (Wildman–Crippen MR) is 132 cm³/mol. The first-order valence-electron chi connectivity index (χ1n) is 10.8. The summed E-state index contributed by atoms with van der Waals surface area (Å²) in [7, 11) is 3.94. The maximum Gasteiger partial charge on any atom is 0.341 e. The Bertz CT molecular complexity index is 1660. The lowest BCUT2D eigenvalue weighted by molar-refractivity contribution is 0.0556. The Morgan fingerprint density at radius 2 is 1.40 bits per heavy atom. The summed E-state index contributed by atoms with van der Waals surface area (Å²) in [5, 5.41) is 2.85. The highest BCUT2D eigenvalue weighted by atomic mass is 16.5. The van der Waals surface area contributed by atoms with Gasteiger partial charge in [0.05, 0.1) is 32.4 Å². The summed E-state index contributed by atoms with van der Waals surface area (Å²) in [4.78, 5) is 39.9. The van der Waals surface area contributed by atoms with Crippen LogP contribution in [0.2, 0.25) is 0 Å². The summed E-state index contributed by atoms with van der Waals surface area (Å²) >= 11 is 0. The molecule has 35 heavy (non-hydrogen) atoms. The van der Waals surface area contributed by atoms with Crippen molar-refractivity contribution >= 4 is 44.9 Å². The lowest BCUT2D eigenvalue weighted by Gasteiger charge is -2.11. The molecule has 0 radical (unpaired) electrons. The van der Waals surface area contributed by atoms with Crippen molar-refractivity contribution in [2.75, 3.05) is 21.3 Å². The minimum Gasteiger partial charge on any atom is -0.497 e. The molecule has 0 saturated carbocycles. The van der Waals surface area contributed by atoms with Gasteiger partial charge in [0, 0.05) is 10.9 Å². The van der Waals surface area contributed by atoms with Crippen LogP contribution in [0.25, 0.3) is 27.2 Å². The van der Waals surface area contributed by atoms with Gasteiger partial charge >= 0.3 is 11.9 Å². The first kappa shape index (κ1) is 22.2. The molecule has 0 saturated heterocycles. The molecule has 5 aromatic rings. The van der Waals surface area contributed by atoms with Crippen molar-refractivity contribution in [1.29, 1.82) is 0 Å². The Morgan fingerprint density at radius 3 is 2.14 bits per heavy atom. The number of carbonyl (C=O) groups excluding carboxylic acids is 3. The zero-order valence-corrected chi connectivity index (χ0v) is 19.3. The average molecular weight is 467 g/mol. The van der Waals surface area contributed by atoms with Crippen molar-refractivity contribution in [2.24, 2.45) is 0 Å². The number of benzene rings is 3. The molecule has 0 spiro atoms. The van der Waals surface area contributed by atoms with E-state index < -0.39 is 17.7 Å². The summed E-state index contributed by atoms with van der Waals surface area (Å²) < 4.78 is 16.9. The second-order valence-electron chi connectivity index (χ2n) is 7.92. The van der Waals surface area contributed by atoms with E-state index >= 15 is 0 Å².